The SMILES string of the molecule is Cc1c(-c2cncc(F)c2)nc2ncccc2c1Cl.Cc1c(Cl)nc2ncccc2c1Cl. The highest BCUT2D eigenvalue weighted by Gasteiger charge is 2.13. The molecule has 0 N–H and O–H groups in total. The van der Waals surface area contributed by atoms with Crippen LogP contribution in [0, 0.1) is 19.7 Å². The van der Waals surface area contributed by atoms with Crippen molar-refractivity contribution < 1.29 is 4.39 Å². The van der Waals surface area contributed by atoms with Gasteiger partial charge in [-0.3, -0.25) is 4.98 Å². The molecule has 0 aliphatic rings. The number of hydrogen-bond donors (Lipinski definition) is 0. The minimum atomic E-state index is -0.407. The molecule has 5 nitrogen and oxygen atoms in total. The quantitative estimate of drug-likeness (QED) is 0.238. The summed E-state index contributed by atoms with van der Waals surface area (Å²) in [6.45, 7) is 3.69. The molecule has 0 saturated heterocycles. The maximum absolute atomic E-state index is 13.3. The van der Waals surface area contributed by atoms with Gasteiger partial charge >= 0.3 is 0 Å². The average molecular weight is 487 g/mol. The van der Waals surface area contributed by atoms with Crippen LogP contribution in [-0.2, 0) is 0 Å². The van der Waals surface area contributed by atoms with Gasteiger partial charge in [-0.15, -0.1) is 0 Å². The molecular formula is C23H15Cl3FN5. The van der Waals surface area contributed by atoms with Crippen LogP contribution in [0.2, 0.25) is 15.2 Å². The molecule has 0 bridgehead atoms. The van der Waals surface area contributed by atoms with Crippen molar-refractivity contribution in [1.29, 1.82) is 0 Å². The van der Waals surface area contributed by atoms with Crippen LogP contribution in [-0.4, -0.2) is 24.9 Å². The van der Waals surface area contributed by atoms with Crippen LogP contribution in [0.5, 0.6) is 0 Å². The molecule has 32 heavy (non-hydrogen) atoms. The monoisotopic (exact) mass is 485 g/mol. The van der Waals surface area contributed by atoms with Gasteiger partial charge in [0.2, 0.25) is 0 Å². The van der Waals surface area contributed by atoms with E-state index in [9.17, 15) is 4.39 Å². The van der Waals surface area contributed by atoms with Crippen molar-refractivity contribution in [2.75, 3.05) is 0 Å². The minimum Gasteiger partial charge on any atom is -0.261 e. The molecule has 0 aliphatic heterocycles. The number of halogens is 4. The number of fused-ring (bicyclic) bond motifs is 2. The Morgan fingerprint density at radius 1 is 0.781 bits per heavy atom. The van der Waals surface area contributed by atoms with Crippen LogP contribution in [0.3, 0.4) is 0 Å². The Morgan fingerprint density at radius 3 is 2.00 bits per heavy atom. The topological polar surface area (TPSA) is 64.5 Å². The highest BCUT2D eigenvalue weighted by Crippen LogP contribution is 2.32. The zero-order chi connectivity index (χ0) is 22.8. The lowest BCUT2D eigenvalue weighted by atomic mass is 10.1. The second kappa shape index (κ2) is 9.28. The summed E-state index contributed by atoms with van der Waals surface area (Å²) in [6.07, 6.45) is 6.02. The van der Waals surface area contributed by atoms with Crippen molar-refractivity contribution in [3.05, 3.63) is 87.3 Å². The zero-order valence-corrected chi connectivity index (χ0v) is 19.2. The Bertz CT molecular complexity index is 1460. The van der Waals surface area contributed by atoms with Gasteiger partial charge in [-0.2, -0.15) is 0 Å². The zero-order valence-electron chi connectivity index (χ0n) is 16.9. The summed E-state index contributed by atoms with van der Waals surface area (Å²) in [5, 5.41) is 3.25. The van der Waals surface area contributed by atoms with Gasteiger partial charge in [0.25, 0.3) is 0 Å². The van der Waals surface area contributed by atoms with E-state index in [1.165, 1.54) is 6.07 Å². The predicted octanol–water partition coefficient (Wildman–Crippen LogP) is 7.04. The van der Waals surface area contributed by atoms with Gasteiger partial charge in [-0.1, -0.05) is 34.8 Å². The van der Waals surface area contributed by atoms with Crippen LogP contribution >= 0.6 is 34.8 Å². The van der Waals surface area contributed by atoms with Crippen LogP contribution in [0.15, 0.2) is 55.1 Å². The van der Waals surface area contributed by atoms with E-state index < -0.39 is 5.82 Å². The van der Waals surface area contributed by atoms with E-state index in [1.54, 1.807) is 24.7 Å². The van der Waals surface area contributed by atoms with Crippen LogP contribution in [0.4, 0.5) is 4.39 Å². The van der Waals surface area contributed by atoms with Crippen molar-refractivity contribution in [3.8, 4) is 11.3 Å². The Balaban J connectivity index is 0.000000165. The molecule has 9 heteroatoms. The first-order valence-corrected chi connectivity index (χ1v) is 10.6. The molecule has 0 amide bonds. The molecule has 5 aromatic rings. The van der Waals surface area contributed by atoms with Gasteiger partial charge in [0.1, 0.15) is 11.0 Å². The van der Waals surface area contributed by atoms with Gasteiger partial charge in [0, 0.05) is 40.5 Å². The van der Waals surface area contributed by atoms with E-state index in [-0.39, 0.29) is 0 Å². The van der Waals surface area contributed by atoms with E-state index in [0.29, 0.717) is 37.8 Å². The summed E-state index contributed by atoms with van der Waals surface area (Å²) in [4.78, 5) is 20.6. The van der Waals surface area contributed by atoms with Gasteiger partial charge < -0.3 is 0 Å². The van der Waals surface area contributed by atoms with Crippen LogP contribution in [0.25, 0.3) is 33.3 Å². The van der Waals surface area contributed by atoms with Crippen molar-refractivity contribution >= 4 is 56.9 Å². The van der Waals surface area contributed by atoms with E-state index in [2.05, 4.69) is 24.9 Å². The Kier molecular flexibility index (Phi) is 6.46. The molecule has 5 heterocycles. The lowest BCUT2D eigenvalue weighted by Crippen LogP contribution is -1.94. The van der Waals surface area contributed by atoms with Crippen LogP contribution in [0.1, 0.15) is 11.1 Å². The Morgan fingerprint density at radius 2 is 1.38 bits per heavy atom. The van der Waals surface area contributed by atoms with Gasteiger partial charge in [0.15, 0.2) is 11.3 Å². The third kappa shape index (κ3) is 4.35. The van der Waals surface area contributed by atoms with E-state index >= 15 is 0 Å². The van der Waals surface area contributed by atoms with Gasteiger partial charge in [0.05, 0.1) is 21.9 Å². The van der Waals surface area contributed by atoms with E-state index in [4.69, 9.17) is 34.8 Å². The van der Waals surface area contributed by atoms with E-state index in [0.717, 1.165) is 28.1 Å². The largest absolute Gasteiger partial charge is 0.261 e. The van der Waals surface area contributed by atoms with Crippen molar-refractivity contribution in [2.45, 2.75) is 13.8 Å². The third-order valence-corrected chi connectivity index (χ3v) is 6.11. The number of nitrogens with zero attached hydrogens (tertiary/aromatic N) is 5. The number of hydrogen-bond acceptors (Lipinski definition) is 5. The summed E-state index contributed by atoms with van der Waals surface area (Å²) in [5.74, 6) is -0.407. The number of aromatic nitrogens is 5. The third-order valence-electron chi connectivity index (χ3n) is 4.77. The molecule has 0 aliphatic carbocycles. The fourth-order valence-corrected chi connectivity index (χ4v) is 3.80. The Hall–Kier alpha value is -2.93. The summed E-state index contributed by atoms with van der Waals surface area (Å²) in [5.41, 5.74) is 3.90. The lowest BCUT2D eigenvalue weighted by Gasteiger charge is -2.09. The molecule has 160 valence electrons. The molecule has 0 aromatic carbocycles. The number of rotatable bonds is 1. The highest BCUT2D eigenvalue weighted by molar-refractivity contribution is 6.39. The molecule has 0 unspecified atom stereocenters. The van der Waals surface area contributed by atoms with Gasteiger partial charge in [-0.05, 0) is 49.7 Å². The Labute approximate surface area is 198 Å². The van der Waals surface area contributed by atoms with Gasteiger partial charge in [-0.25, -0.2) is 24.3 Å². The molecule has 0 fully saturated rings. The normalized spacial score (nSPS) is 10.8. The van der Waals surface area contributed by atoms with E-state index in [1.807, 2.05) is 32.0 Å². The maximum Gasteiger partial charge on any atom is 0.162 e. The summed E-state index contributed by atoms with van der Waals surface area (Å²) in [7, 11) is 0. The molecule has 0 saturated carbocycles. The predicted molar refractivity (Wildman–Crippen MR) is 127 cm³/mol. The summed E-state index contributed by atoms with van der Waals surface area (Å²) >= 11 is 18.3. The average Bonchev–Trinajstić information content (AvgIpc) is 2.80. The molecule has 5 aromatic heterocycles. The minimum absolute atomic E-state index is 0.407. The lowest BCUT2D eigenvalue weighted by molar-refractivity contribution is 0.622. The number of pyridine rings is 5. The molecule has 0 atom stereocenters. The second-order valence-electron chi connectivity index (χ2n) is 6.88. The summed E-state index contributed by atoms with van der Waals surface area (Å²) < 4.78 is 13.3. The first-order valence-electron chi connectivity index (χ1n) is 9.45. The van der Waals surface area contributed by atoms with Crippen molar-refractivity contribution in [2.24, 2.45) is 0 Å². The highest BCUT2D eigenvalue weighted by atomic mass is 35.5. The molecule has 0 spiro atoms. The standard InChI is InChI=1S/C14H9ClFN3.C9H6Cl2N2/c1-8-12(15)11-3-2-4-18-14(11)19-13(8)9-5-10(16)7-17-6-9;1-5-7(10)6-3-2-4-12-9(6)13-8(5)11/h2-7H,1H3;2-4H,1H3. The smallest absolute Gasteiger partial charge is 0.162 e. The maximum atomic E-state index is 13.3. The van der Waals surface area contributed by atoms with Crippen LogP contribution < -0.4 is 0 Å². The summed E-state index contributed by atoms with van der Waals surface area (Å²) in [6, 6.07) is 8.74. The molecular weight excluding hydrogens is 472 g/mol. The fraction of sp³-hybridized carbons (Fsp3) is 0.0870. The van der Waals surface area contributed by atoms with Crippen molar-refractivity contribution in [3.63, 3.8) is 0 Å². The first-order chi connectivity index (χ1) is 15.4. The second-order valence-corrected chi connectivity index (χ2v) is 8.00. The molecule has 5 rings (SSSR count). The molecule has 0 radical (unpaired) electrons. The fourth-order valence-electron chi connectivity index (χ4n) is 3.10. The first kappa shape index (κ1) is 22.3. The van der Waals surface area contributed by atoms with Crippen molar-refractivity contribution in [1.82, 2.24) is 24.9 Å².